The highest BCUT2D eigenvalue weighted by atomic mass is 16.5. The smallest absolute Gasteiger partial charge is 0.159 e. The average molecular weight is 212 g/mol. The number of carbonyl (C=O) groups is 1. The molecule has 1 rings (SSSR count). The van der Waals surface area contributed by atoms with Crippen LogP contribution in [0.2, 0.25) is 0 Å². The van der Waals surface area contributed by atoms with Gasteiger partial charge in [-0.15, -0.1) is 0 Å². The predicted octanol–water partition coefficient (Wildman–Crippen LogP) is 2.61. The number of carbonyl (C=O) groups excluding carboxylic acids is 1. The van der Waals surface area contributed by atoms with E-state index >= 15 is 0 Å². The molecule has 0 amide bonds. The minimum absolute atomic E-state index is 0.0392. The Morgan fingerprint density at radius 3 is 2.93 bits per heavy atom. The van der Waals surface area contributed by atoms with E-state index in [1.807, 2.05) is 0 Å². The summed E-state index contributed by atoms with van der Waals surface area (Å²) >= 11 is 0. The molecule has 0 spiro atoms. The third kappa shape index (κ3) is 4.98. The molecule has 0 aliphatic heterocycles. The zero-order valence-electron chi connectivity index (χ0n) is 9.37. The first-order valence-corrected chi connectivity index (χ1v) is 5.72. The van der Waals surface area contributed by atoms with E-state index < -0.39 is 0 Å². The van der Waals surface area contributed by atoms with E-state index in [0.717, 1.165) is 25.9 Å². The third-order valence-corrected chi connectivity index (χ3v) is 2.63. The molecule has 86 valence electrons. The lowest BCUT2D eigenvalue weighted by Crippen LogP contribution is -2.16. The lowest BCUT2D eigenvalue weighted by atomic mass is 9.90. The van der Waals surface area contributed by atoms with Gasteiger partial charge >= 0.3 is 0 Å². The molecular formula is C12H20O3. The van der Waals surface area contributed by atoms with E-state index in [0.29, 0.717) is 19.4 Å². The second-order valence-electron chi connectivity index (χ2n) is 4.13. The zero-order valence-corrected chi connectivity index (χ0v) is 9.37. The fourth-order valence-electron chi connectivity index (χ4n) is 1.76. The summed E-state index contributed by atoms with van der Waals surface area (Å²) in [5.74, 6) is 0.534. The topological polar surface area (TPSA) is 46.5 Å². The molecule has 1 aliphatic carbocycles. The second kappa shape index (κ2) is 6.62. The number of aliphatic hydroxyl groups excluding tert-OH is 1. The number of hydrogen-bond donors (Lipinski definition) is 1. The molecule has 0 saturated heterocycles. The van der Waals surface area contributed by atoms with E-state index in [9.17, 15) is 9.90 Å². The first kappa shape index (κ1) is 12.2. The van der Waals surface area contributed by atoms with E-state index in [2.05, 4.69) is 6.92 Å². The number of unbranched alkanes of at least 4 members (excludes halogenated alkanes) is 1. The van der Waals surface area contributed by atoms with Gasteiger partial charge in [-0.3, -0.25) is 4.79 Å². The highest BCUT2D eigenvalue weighted by molar-refractivity contribution is 5.91. The van der Waals surface area contributed by atoms with Crippen molar-refractivity contribution in [3.8, 4) is 0 Å². The van der Waals surface area contributed by atoms with E-state index in [1.165, 1.54) is 6.08 Å². The van der Waals surface area contributed by atoms with Crippen molar-refractivity contribution in [3.63, 3.8) is 0 Å². The van der Waals surface area contributed by atoms with Gasteiger partial charge in [0.1, 0.15) is 0 Å². The van der Waals surface area contributed by atoms with Crippen LogP contribution in [-0.4, -0.2) is 24.1 Å². The SMILES string of the molecule is CCCCOCCC1CC(=O)C=C(O)C1. The molecule has 1 unspecified atom stereocenters. The number of rotatable bonds is 6. The van der Waals surface area contributed by atoms with Crippen LogP contribution in [0, 0.1) is 5.92 Å². The van der Waals surface area contributed by atoms with Crippen molar-refractivity contribution in [2.24, 2.45) is 5.92 Å². The van der Waals surface area contributed by atoms with Gasteiger partial charge in [0.15, 0.2) is 5.78 Å². The van der Waals surface area contributed by atoms with Gasteiger partial charge in [-0.25, -0.2) is 0 Å². The fraction of sp³-hybridized carbons (Fsp3) is 0.750. The molecule has 3 nitrogen and oxygen atoms in total. The maximum Gasteiger partial charge on any atom is 0.159 e. The van der Waals surface area contributed by atoms with Crippen LogP contribution in [0.1, 0.15) is 39.0 Å². The molecule has 0 aromatic rings. The Balaban J connectivity index is 2.12. The molecule has 0 saturated carbocycles. The molecule has 1 atom stereocenters. The first-order valence-electron chi connectivity index (χ1n) is 5.72. The van der Waals surface area contributed by atoms with Crippen LogP contribution in [-0.2, 0) is 9.53 Å². The van der Waals surface area contributed by atoms with Crippen LogP contribution >= 0.6 is 0 Å². The van der Waals surface area contributed by atoms with Gasteiger partial charge in [0.25, 0.3) is 0 Å². The fourth-order valence-corrected chi connectivity index (χ4v) is 1.76. The van der Waals surface area contributed by atoms with Crippen molar-refractivity contribution in [2.75, 3.05) is 13.2 Å². The van der Waals surface area contributed by atoms with E-state index in [-0.39, 0.29) is 17.5 Å². The lowest BCUT2D eigenvalue weighted by molar-refractivity contribution is -0.116. The third-order valence-electron chi connectivity index (χ3n) is 2.63. The van der Waals surface area contributed by atoms with Gasteiger partial charge < -0.3 is 9.84 Å². The molecule has 0 aromatic carbocycles. The van der Waals surface area contributed by atoms with E-state index in [1.54, 1.807) is 0 Å². The highest BCUT2D eigenvalue weighted by Crippen LogP contribution is 2.23. The molecule has 15 heavy (non-hydrogen) atoms. The molecule has 1 aliphatic rings. The molecule has 3 heteroatoms. The molecule has 0 aromatic heterocycles. The summed E-state index contributed by atoms with van der Waals surface area (Å²) in [7, 11) is 0. The van der Waals surface area contributed by atoms with Crippen LogP contribution in [0.15, 0.2) is 11.8 Å². The summed E-state index contributed by atoms with van der Waals surface area (Å²) in [6.07, 6.45) is 5.63. The van der Waals surface area contributed by atoms with Gasteiger partial charge in [-0.1, -0.05) is 13.3 Å². The Bertz CT molecular complexity index is 233. The largest absolute Gasteiger partial charge is 0.512 e. The van der Waals surface area contributed by atoms with Gasteiger partial charge in [0.2, 0.25) is 0 Å². The van der Waals surface area contributed by atoms with Gasteiger partial charge in [-0.05, 0) is 18.8 Å². The maximum atomic E-state index is 11.1. The van der Waals surface area contributed by atoms with Crippen molar-refractivity contribution >= 4 is 5.78 Å². The first-order chi connectivity index (χ1) is 7.22. The summed E-state index contributed by atoms with van der Waals surface area (Å²) in [6.45, 7) is 3.64. The van der Waals surface area contributed by atoms with Crippen LogP contribution in [0.3, 0.4) is 0 Å². The van der Waals surface area contributed by atoms with Gasteiger partial charge in [-0.2, -0.15) is 0 Å². The Labute approximate surface area is 91.1 Å². The quantitative estimate of drug-likeness (QED) is 0.688. The normalized spacial score (nSPS) is 21.5. The van der Waals surface area contributed by atoms with E-state index in [4.69, 9.17) is 4.74 Å². The monoisotopic (exact) mass is 212 g/mol. The van der Waals surface area contributed by atoms with Crippen LogP contribution in [0.4, 0.5) is 0 Å². The second-order valence-corrected chi connectivity index (χ2v) is 4.13. The van der Waals surface area contributed by atoms with Crippen molar-refractivity contribution in [1.29, 1.82) is 0 Å². The van der Waals surface area contributed by atoms with Crippen LogP contribution < -0.4 is 0 Å². The summed E-state index contributed by atoms with van der Waals surface area (Å²) in [6, 6.07) is 0. The van der Waals surface area contributed by atoms with Gasteiger partial charge in [0.05, 0.1) is 5.76 Å². The molecule has 1 N–H and O–H groups in total. The summed E-state index contributed by atoms with van der Waals surface area (Å²) < 4.78 is 5.43. The summed E-state index contributed by atoms with van der Waals surface area (Å²) in [5.41, 5.74) is 0. The Morgan fingerprint density at radius 2 is 2.27 bits per heavy atom. The average Bonchev–Trinajstić information content (AvgIpc) is 2.16. The van der Waals surface area contributed by atoms with Crippen LogP contribution in [0.25, 0.3) is 0 Å². The van der Waals surface area contributed by atoms with Crippen molar-refractivity contribution in [1.82, 2.24) is 0 Å². The predicted molar refractivity (Wildman–Crippen MR) is 58.8 cm³/mol. The summed E-state index contributed by atoms with van der Waals surface area (Å²) in [4.78, 5) is 11.1. The Kier molecular flexibility index (Phi) is 5.40. The minimum atomic E-state index is 0.0392. The number of aliphatic hydroxyl groups is 1. The Morgan fingerprint density at radius 1 is 1.47 bits per heavy atom. The zero-order chi connectivity index (χ0) is 11.1. The summed E-state index contributed by atoms with van der Waals surface area (Å²) in [5, 5.41) is 9.29. The molecule has 0 bridgehead atoms. The number of allylic oxidation sites excluding steroid dienone is 2. The molecular weight excluding hydrogens is 192 g/mol. The standard InChI is InChI=1S/C12H20O3/c1-2-3-5-15-6-4-10-7-11(13)9-12(14)8-10/h9-10,13H,2-8H2,1H3. The Hall–Kier alpha value is -0.830. The maximum absolute atomic E-state index is 11.1. The molecule has 0 radical (unpaired) electrons. The van der Waals surface area contributed by atoms with Crippen molar-refractivity contribution in [3.05, 3.63) is 11.8 Å². The highest BCUT2D eigenvalue weighted by Gasteiger charge is 2.19. The minimum Gasteiger partial charge on any atom is -0.512 e. The van der Waals surface area contributed by atoms with Crippen molar-refractivity contribution < 1.29 is 14.6 Å². The number of ether oxygens (including phenoxy) is 1. The van der Waals surface area contributed by atoms with Crippen LogP contribution in [0.5, 0.6) is 0 Å². The lowest BCUT2D eigenvalue weighted by Gasteiger charge is -2.18. The molecule has 0 heterocycles. The van der Waals surface area contributed by atoms with Crippen molar-refractivity contribution in [2.45, 2.75) is 39.0 Å². The molecule has 0 fully saturated rings. The number of ketones is 1. The number of hydrogen-bond acceptors (Lipinski definition) is 3. The van der Waals surface area contributed by atoms with Gasteiger partial charge in [0, 0.05) is 32.1 Å².